The number of hydrogen-bond donors (Lipinski definition) is 0. The Balaban J connectivity index is 2.68. The largest absolute Gasteiger partial charge is 0.226 e. The minimum absolute atomic E-state index is 0.231. The Morgan fingerprint density at radius 2 is 1.00 bits per heavy atom. The van der Waals surface area contributed by atoms with Gasteiger partial charge in [-0.1, -0.05) is 13.8 Å². The van der Waals surface area contributed by atoms with E-state index in [1.165, 1.54) is 0 Å². The average Bonchev–Trinajstić information content (AvgIpc) is 2.10. The summed E-state index contributed by atoms with van der Waals surface area (Å²) in [6, 6.07) is 0. The lowest BCUT2D eigenvalue weighted by atomic mass is 10.0. The Labute approximate surface area is 71.8 Å². The summed E-state index contributed by atoms with van der Waals surface area (Å²) in [5.74, 6) is -0.463. The zero-order chi connectivity index (χ0) is 9.31. The highest BCUT2D eigenvalue weighted by atomic mass is 32.3. The van der Waals surface area contributed by atoms with Crippen molar-refractivity contribution in [1.82, 2.24) is 0 Å². The molecule has 0 aromatic carbocycles. The Kier molecular flexibility index (Phi) is 1.32. The molecule has 0 aromatic heterocycles. The first-order chi connectivity index (χ1) is 5.31. The van der Waals surface area contributed by atoms with Gasteiger partial charge in [0.15, 0.2) is 28.8 Å². The molecule has 3 heterocycles. The molecule has 0 radical (unpaired) electrons. The van der Waals surface area contributed by atoms with E-state index in [9.17, 15) is 16.8 Å². The summed E-state index contributed by atoms with van der Waals surface area (Å²) in [4.78, 5) is 0. The van der Waals surface area contributed by atoms with Crippen molar-refractivity contribution >= 4 is 19.7 Å². The van der Waals surface area contributed by atoms with E-state index in [-0.39, 0.29) is 11.8 Å². The lowest BCUT2D eigenvalue weighted by Crippen LogP contribution is -2.49. The van der Waals surface area contributed by atoms with Crippen LogP contribution in [0.5, 0.6) is 0 Å². The monoisotopic (exact) mass is 210 g/mol. The van der Waals surface area contributed by atoms with E-state index < -0.39 is 28.8 Å². The van der Waals surface area contributed by atoms with Gasteiger partial charge >= 0.3 is 0 Å². The molecule has 0 spiro atoms. The zero-order valence-electron chi connectivity index (χ0n) is 6.76. The molecule has 3 rings (SSSR count). The van der Waals surface area contributed by atoms with Crippen LogP contribution in [0.4, 0.5) is 0 Å². The first kappa shape index (κ1) is 8.50. The van der Waals surface area contributed by atoms with Gasteiger partial charge in [-0.15, -0.1) is 0 Å². The van der Waals surface area contributed by atoms with Crippen molar-refractivity contribution in [1.29, 1.82) is 0 Å². The topological polar surface area (TPSA) is 68.3 Å². The van der Waals surface area contributed by atoms with E-state index in [1.54, 1.807) is 13.8 Å². The minimum atomic E-state index is -3.32. The van der Waals surface area contributed by atoms with Crippen LogP contribution in [0.2, 0.25) is 0 Å². The van der Waals surface area contributed by atoms with Crippen LogP contribution in [0.1, 0.15) is 13.8 Å². The van der Waals surface area contributed by atoms with Gasteiger partial charge in [0.1, 0.15) is 0 Å². The van der Waals surface area contributed by atoms with Crippen LogP contribution in [0, 0.1) is 11.8 Å². The summed E-state index contributed by atoms with van der Waals surface area (Å²) in [5.41, 5.74) is 0. The molecular weight excluding hydrogens is 200 g/mol. The molecule has 2 bridgehead atoms. The molecule has 3 aliphatic heterocycles. The Hall–Kier alpha value is -0.100. The smallest absolute Gasteiger partial charge is 0.185 e. The average molecular weight is 210 g/mol. The molecule has 2 atom stereocenters. The normalized spacial score (nSPS) is 53.2. The van der Waals surface area contributed by atoms with Gasteiger partial charge in [-0.05, 0) is 11.8 Å². The van der Waals surface area contributed by atoms with Crippen molar-refractivity contribution in [2.75, 3.05) is 0 Å². The zero-order valence-corrected chi connectivity index (χ0v) is 8.39. The Bertz CT molecular complexity index is 356. The van der Waals surface area contributed by atoms with Gasteiger partial charge in [0.05, 0.1) is 0 Å². The molecule has 4 nitrogen and oxygen atoms in total. The van der Waals surface area contributed by atoms with E-state index >= 15 is 0 Å². The fraction of sp³-hybridized carbons (Fsp3) is 1.00. The third kappa shape index (κ3) is 0.608. The van der Waals surface area contributed by atoms with Crippen LogP contribution in [0.3, 0.4) is 0 Å². The van der Waals surface area contributed by atoms with Crippen LogP contribution >= 0.6 is 0 Å². The van der Waals surface area contributed by atoms with Crippen LogP contribution in [0.15, 0.2) is 0 Å². The molecule has 0 aliphatic carbocycles. The van der Waals surface area contributed by atoms with Gasteiger partial charge < -0.3 is 0 Å². The molecule has 0 N–H and O–H groups in total. The molecule has 0 unspecified atom stereocenters. The molecule has 0 aromatic rings. The fourth-order valence-corrected chi connectivity index (χ4v) is 9.79. The summed E-state index contributed by atoms with van der Waals surface area (Å²) in [6.07, 6.45) is 0. The van der Waals surface area contributed by atoms with Crippen molar-refractivity contribution in [3.63, 3.8) is 0 Å². The third-order valence-electron chi connectivity index (χ3n) is 2.98. The molecular formula is C6H10O4S2. The van der Waals surface area contributed by atoms with Crippen LogP contribution < -0.4 is 0 Å². The summed E-state index contributed by atoms with van der Waals surface area (Å²) < 4.78 is 42.9. The predicted molar refractivity (Wildman–Crippen MR) is 43.7 cm³/mol. The van der Waals surface area contributed by atoms with E-state index in [2.05, 4.69) is 0 Å². The number of hydrogen-bond acceptors (Lipinski definition) is 4. The van der Waals surface area contributed by atoms with Gasteiger partial charge in [-0.3, -0.25) is 0 Å². The van der Waals surface area contributed by atoms with Gasteiger partial charge in [-0.2, -0.15) is 0 Å². The lowest BCUT2D eigenvalue weighted by molar-refractivity contribution is 0.491. The quantitative estimate of drug-likeness (QED) is 0.553. The van der Waals surface area contributed by atoms with E-state index in [4.69, 9.17) is 0 Å². The summed E-state index contributed by atoms with van der Waals surface area (Å²) in [6.45, 7) is 3.38. The van der Waals surface area contributed by atoms with Gasteiger partial charge in [0.25, 0.3) is 0 Å². The number of fused-ring (bicyclic) bond motifs is 1. The van der Waals surface area contributed by atoms with Gasteiger partial charge in [0.2, 0.25) is 0 Å². The van der Waals surface area contributed by atoms with Crippen molar-refractivity contribution in [2.24, 2.45) is 11.8 Å². The van der Waals surface area contributed by atoms with Gasteiger partial charge in [-0.25, -0.2) is 16.8 Å². The highest BCUT2D eigenvalue weighted by molar-refractivity contribution is 8.25. The van der Waals surface area contributed by atoms with Crippen molar-refractivity contribution in [2.45, 2.75) is 23.0 Å². The maximum atomic E-state index is 11.3. The molecule has 3 saturated heterocycles. The highest BCUT2D eigenvalue weighted by Gasteiger charge is 2.73. The Morgan fingerprint density at radius 3 is 1.08 bits per heavy atom. The van der Waals surface area contributed by atoms with E-state index in [0.717, 1.165) is 0 Å². The highest BCUT2D eigenvalue weighted by Crippen LogP contribution is 2.53. The van der Waals surface area contributed by atoms with Crippen LogP contribution in [0.25, 0.3) is 0 Å². The second-order valence-electron chi connectivity index (χ2n) is 3.63. The maximum Gasteiger partial charge on any atom is 0.185 e. The number of rotatable bonds is 0. The van der Waals surface area contributed by atoms with Crippen LogP contribution in [-0.4, -0.2) is 26.0 Å². The fourth-order valence-electron chi connectivity index (χ4n) is 2.28. The Morgan fingerprint density at radius 1 is 0.750 bits per heavy atom. The lowest BCUT2D eigenvalue weighted by Gasteiger charge is -2.25. The summed E-state index contributed by atoms with van der Waals surface area (Å²) >= 11 is 0. The molecule has 0 saturated carbocycles. The first-order valence-corrected chi connectivity index (χ1v) is 6.98. The SMILES string of the molecule is C[C@@H]1C2S(=O)(=O)C([C@@H]1C)S2(=O)=O. The molecule has 12 heavy (non-hydrogen) atoms. The minimum Gasteiger partial charge on any atom is -0.226 e. The predicted octanol–water partition coefficient (Wildman–Crippen LogP) is -0.232. The van der Waals surface area contributed by atoms with Crippen molar-refractivity contribution in [3.05, 3.63) is 0 Å². The van der Waals surface area contributed by atoms with Gasteiger partial charge in [0, 0.05) is 0 Å². The summed E-state index contributed by atoms with van der Waals surface area (Å²) in [5, 5.41) is 0. The van der Waals surface area contributed by atoms with E-state index in [1.807, 2.05) is 0 Å². The maximum absolute atomic E-state index is 11.3. The summed E-state index contributed by atoms with van der Waals surface area (Å²) in [7, 11) is -6.64. The number of sulfone groups is 2. The molecule has 6 heteroatoms. The molecule has 3 aliphatic rings. The second-order valence-corrected chi connectivity index (χ2v) is 8.62. The van der Waals surface area contributed by atoms with Crippen molar-refractivity contribution < 1.29 is 16.8 Å². The van der Waals surface area contributed by atoms with Crippen LogP contribution in [-0.2, 0) is 19.7 Å². The van der Waals surface area contributed by atoms with E-state index in [0.29, 0.717) is 0 Å². The molecule has 70 valence electrons. The molecule has 3 fully saturated rings. The first-order valence-electron chi connectivity index (χ1n) is 3.76. The molecule has 0 amide bonds. The third-order valence-corrected chi connectivity index (χ3v) is 10.5. The van der Waals surface area contributed by atoms with Crippen molar-refractivity contribution in [3.8, 4) is 0 Å². The standard InChI is InChI=1S/C6H10O4S2/c1-3-4(2)6-11(7,8)5(3)12(6,9)10/h3-6H,1-2H3/t3-,4+,5?,6?. The second kappa shape index (κ2) is 1.87.